The van der Waals surface area contributed by atoms with Crippen LogP contribution in [0, 0.1) is 0 Å². The highest BCUT2D eigenvalue weighted by Gasteiger charge is 2.28. The Balaban J connectivity index is 1.16. The summed E-state index contributed by atoms with van der Waals surface area (Å²) < 4.78 is 12.6. The smallest absolute Gasteiger partial charge is 0.294 e. The molecule has 2 aromatic carbocycles. The third-order valence-corrected chi connectivity index (χ3v) is 7.26. The highest BCUT2D eigenvalue weighted by molar-refractivity contribution is 9.10. The van der Waals surface area contributed by atoms with E-state index in [4.69, 9.17) is 9.47 Å². The monoisotopic (exact) mass is 512 g/mol. The molecule has 1 atom stereocenters. The average Bonchev–Trinajstić information content (AvgIpc) is 3.48. The van der Waals surface area contributed by atoms with E-state index in [1.807, 2.05) is 36.4 Å². The maximum atomic E-state index is 12.9. The molecule has 0 spiro atoms. The zero-order valence-corrected chi connectivity index (χ0v) is 20.2. The molecule has 1 saturated carbocycles. The Morgan fingerprint density at radius 3 is 2.64 bits per heavy atom. The molecular weight excluding hydrogens is 484 g/mol. The normalized spacial score (nSPS) is 20.9. The lowest BCUT2D eigenvalue weighted by Crippen LogP contribution is -2.35. The molecule has 33 heavy (non-hydrogen) atoms. The Hall–Kier alpha value is -2.35. The van der Waals surface area contributed by atoms with Crippen molar-refractivity contribution >= 4 is 27.5 Å². The Labute approximate surface area is 202 Å². The number of ether oxygens (including phenoxy) is 2. The molecule has 0 aromatic heterocycles. The number of hydrogen-bond acceptors (Lipinski definition) is 5. The first-order chi connectivity index (χ1) is 16.1. The first-order valence-electron chi connectivity index (χ1n) is 11.7. The van der Waals surface area contributed by atoms with Crippen molar-refractivity contribution in [3.63, 3.8) is 0 Å². The highest BCUT2D eigenvalue weighted by Crippen LogP contribution is 2.40. The molecule has 0 bridgehead atoms. The van der Waals surface area contributed by atoms with Crippen LogP contribution in [0.3, 0.4) is 0 Å². The average molecular weight is 513 g/mol. The molecule has 2 aromatic rings. The largest absolute Gasteiger partial charge is 0.491 e. The summed E-state index contributed by atoms with van der Waals surface area (Å²) >= 11 is 3.58. The van der Waals surface area contributed by atoms with Gasteiger partial charge in [-0.25, -0.2) is 0 Å². The third-order valence-electron chi connectivity index (χ3n) is 6.64. The molecule has 174 valence electrons. The summed E-state index contributed by atoms with van der Waals surface area (Å²) in [5, 5.41) is 9.45. The van der Waals surface area contributed by atoms with Crippen molar-refractivity contribution in [2.75, 3.05) is 37.7 Å². The number of halogens is 1. The van der Waals surface area contributed by atoms with Crippen molar-refractivity contribution in [1.82, 2.24) is 4.90 Å². The lowest BCUT2D eigenvalue weighted by Gasteiger charge is -2.23. The van der Waals surface area contributed by atoms with Crippen molar-refractivity contribution in [2.24, 2.45) is 0 Å². The number of rotatable bonds is 9. The van der Waals surface area contributed by atoms with E-state index in [0.29, 0.717) is 30.6 Å². The van der Waals surface area contributed by atoms with Crippen molar-refractivity contribution in [2.45, 2.75) is 37.6 Å². The number of carbonyl (C=O) groups excluding carboxylic acids is 1. The number of aliphatic hydroxyl groups is 1. The lowest BCUT2D eigenvalue weighted by molar-refractivity contribution is -0.116. The third kappa shape index (κ3) is 5.10. The number of likely N-dealkylation sites (tertiary alicyclic amines) is 1. The molecule has 1 N–H and O–H groups in total. The molecule has 6 nitrogen and oxygen atoms in total. The van der Waals surface area contributed by atoms with Gasteiger partial charge in [-0.2, -0.15) is 0 Å². The summed E-state index contributed by atoms with van der Waals surface area (Å²) in [5.41, 5.74) is 2.13. The topological polar surface area (TPSA) is 62.2 Å². The summed E-state index contributed by atoms with van der Waals surface area (Å²) in [6.07, 6.45) is 6.52. The minimum Gasteiger partial charge on any atom is -0.491 e. The van der Waals surface area contributed by atoms with Gasteiger partial charge in [-0.05, 0) is 96.0 Å². The van der Waals surface area contributed by atoms with E-state index in [1.165, 1.54) is 18.4 Å². The van der Waals surface area contributed by atoms with Crippen LogP contribution in [-0.4, -0.2) is 54.8 Å². The molecule has 5 rings (SSSR count). The molecule has 1 aliphatic carbocycles. The Kier molecular flexibility index (Phi) is 6.71. The number of nitrogens with zero attached hydrogens (tertiary/aromatic N) is 2. The molecule has 2 heterocycles. The number of carbonyl (C=O) groups is 1. The summed E-state index contributed by atoms with van der Waals surface area (Å²) in [4.78, 5) is 16.9. The molecule has 7 heteroatoms. The van der Waals surface area contributed by atoms with Gasteiger partial charge in [0.05, 0.1) is 11.1 Å². The SMILES string of the molecule is O=C1C(Oc2ccc(C3CC3)cc2)=CCN1c1ccc(OCCN2CCC[C@H]2CO)c(Br)c1. The van der Waals surface area contributed by atoms with Crippen molar-refractivity contribution in [3.8, 4) is 11.5 Å². The lowest BCUT2D eigenvalue weighted by atomic mass is 10.1. The van der Waals surface area contributed by atoms with Crippen LogP contribution in [0.25, 0.3) is 0 Å². The molecular formula is C26H29BrN2O4. The van der Waals surface area contributed by atoms with Crippen molar-refractivity contribution in [3.05, 3.63) is 64.3 Å². The standard InChI is InChI=1S/C26H29BrN2O4/c27-23-16-20(7-10-24(23)32-15-14-28-12-1-2-21(28)17-30)29-13-11-25(26(29)31)33-22-8-5-19(6-9-22)18-3-4-18/h5-11,16,18,21,30H,1-4,12-15,17H2/t21-/m0/s1. The molecule has 2 aliphatic heterocycles. The maximum absolute atomic E-state index is 12.9. The van der Waals surface area contributed by atoms with E-state index < -0.39 is 0 Å². The van der Waals surface area contributed by atoms with Gasteiger partial charge in [0.1, 0.15) is 18.1 Å². The Bertz CT molecular complexity index is 1040. The second kappa shape index (κ2) is 9.87. The highest BCUT2D eigenvalue weighted by atomic mass is 79.9. The van der Waals surface area contributed by atoms with Crippen LogP contribution in [0.5, 0.6) is 11.5 Å². The minimum atomic E-state index is -0.147. The van der Waals surface area contributed by atoms with Crippen LogP contribution >= 0.6 is 15.9 Å². The fourth-order valence-corrected chi connectivity index (χ4v) is 5.06. The van der Waals surface area contributed by atoms with Gasteiger partial charge < -0.3 is 19.5 Å². The summed E-state index contributed by atoms with van der Waals surface area (Å²) in [5.74, 6) is 2.34. The fraction of sp³-hybridized carbons (Fsp3) is 0.423. The first kappa shape index (κ1) is 22.4. The molecule has 0 unspecified atom stereocenters. The van der Waals surface area contributed by atoms with E-state index >= 15 is 0 Å². The van der Waals surface area contributed by atoms with Crippen LogP contribution in [0.4, 0.5) is 5.69 Å². The number of benzene rings is 2. The van der Waals surface area contributed by atoms with Gasteiger partial charge in [-0.15, -0.1) is 0 Å². The Morgan fingerprint density at radius 1 is 1.09 bits per heavy atom. The Morgan fingerprint density at radius 2 is 1.91 bits per heavy atom. The quantitative estimate of drug-likeness (QED) is 0.536. The zero-order chi connectivity index (χ0) is 22.8. The van der Waals surface area contributed by atoms with E-state index in [2.05, 4.69) is 33.0 Å². The number of amides is 1. The summed E-state index contributed by atoms with van der Waals surface area (Å²) in [6, 6.07) is 14.0. The number of anilines is 1. The molecule has 1 saturated heterocycles. The predicted octanol–water partition coefficient (Wildman–Crippen LogP) is 4.47. The molecule has 2 fully saturated rings. The van der Waals surface area contributed by atoms with Crippen LogP contribution in [0.15, 0.2) is 58.8 Å². The number of hydrogen-bond donors (Lipinski definition) is 1. The second-order valence-electron chi connectivity index (χ2n) is 8.91. The van der Waals surface area contributed by atoms with Crippen molar-refractivity contribution in [1.29, 1.82) is 0 Å². The van der Waals surface area contributed by atoms with Gasteiger partial charge in [-0.3, -0.25) is 9.69 Å². The second-order valence-corrected chi connectivity index (χ2v) is 9.76. The van der Waals surface area contributed by atoms with E-state index in [9.17, 15) is 9.90 Å². The van der Waals surface area contributed by atoms with E-state index in [1.54, 1.807) is 4.90 Å². The van der Waals surface area contributed by atoms with Gasteiger partial charge in [0.25, 0.3) is 5.91 Å². The summed E-state index contributed by atoms with van der Waals surface area (Å²) in [7, 11) is 0. The predicted molar refractivity (Wildman–Crippen MR) is 131 cm³/mol. The first-order valence-corrected chi connectivity index (χ1v) is 12.5. The van der Waals surface area contributed by atoms with Crippen LogP contribution in [0.2, 0.25) is 0 Å². The molecule has 0 radical (unpaired) electrons. The zero-order valence-electron chi connectivity index (χ0n) is 18.6. The van der Waals surface area contributed by atoms with Gasteiger partial charge in [0, 0.05) is 24.8 Å². The maximum Gasteiger partial charge on any atom is 0.294 e. The summed E-state index contributed by atoms with van der Waals surface area (Å²) in [6.45, 7) is 3.02. The molecule has 3 aliphatic rings. The minimum absolute atomic E-state index is 0.147. The van der Waals surface area contributed by atoms with Crippen LogP contribution in [0.1, 0.15) is 37.2 Å². The van der Waals surface area contributed by atoms with Crippen LogP contribution in [-0.2, 0) is 4.79 Å². The molecule has 1 amide bonds. The van der Waals surface area contributed by atoms with Gasteiger partial charge >= 0.3 is 0 Å². The van der Waals surface area contributed by atoms with E-state index in [0.717, 1.165) is 41.8 Å². The van der Waals surface area contributed by atoms with Gasteiger partial charge in [-0.1, -0.05) is 12.1 Å². The van der Waals surface area contributed by atoms with Crippen LogP contribution < -0.4 is 14.4 Å². The van der Waals surface area contributed by atoms with Gasteiger partial charge in [0.15, 0.2) is 5.76 Å². The van der Waals surface area contributed by atoms with Gasteiger partial charge in [0.2, 0.25) is 0 Å². The van der Waals surface area contributed by atoms with E-state index in [-0.39, 0.29) is 18.6 Å². The van der Waals surface area contributed by atoms with Crippen molar-refractivity contribution < 1.29 is 19.4 Å². The fourth-order valence-electron chi connectivity index (χ4n) is 4.58. The number of aliphatic hydroxyl groups excluding tert-OH is 1.